The number of ether oxygens (including phenoxy) is 2. The Hall–Kier alpha value is -5.38. The highest BCUT2D eigenvalue weighted by atomic mass is 19.4. The molecule has 3 aromatic carbocycles. The zero-order chi connectivity index (χ0) is 37.4. The molecular formula is C37H39F3N4O6. The predicted molar refractivity (Wildman–Crippen MR) is 179 cm³/mol. The van der Waals surface area contributed by atoms with Crippen molar-refractivity contribution in [2.45, 2.75) is 90.8 Å². The molecule has 1 aliphatic rings. The van der Waals surface area contributed by atoms with Crippen molar-refractivity contribution < 1.29 is 41.8 Å². The summed E-state index contributed by atoms with van der Waals surface area (Å²) in [6.07, 6.45) is -4.88. The first kappa shape index (κ1) is 37.4. The third-order valence-corrected chi connectivity index (χ3v) is 7.66. The van der Waals surface area contributed by atoms with Crippen LogP contribution in [-0.2, 0) is 36.6 Å². The number of esters is 2. The average molecular weight is 693 g/mol. The average Bonchev–Trinajstić information content (AvgIpc) is 3.15. The van der Waals surface area contributed by atoms with E-state index in [1.807, 2.05) is 0 Å². The van der Waals surface area contributed by atoms with E-state index in [2.05, 4.69) is 5.32 Å². The van der Waals surface area contributed by atoms with E-state index in [0.29, 0.717) is 33.5 Å². The molecule has 50 heavy (non-hydrogen) atoms. The number of nitrogens with one attached hydrogen (secondary N) is 1. The normalized spacial score (nSPS) is 14.9. The minimum atomic E-state index is -4.88. The smallest absolute Gasteiger partial charge is 0.417 e. The van der Waals surface area contributed by atoms with Gasteiger partial charge in [0.1, 0.15) is 16.7 Å². The van der Waals surface area contributed by atoms with Crippen molar-refractivity contribution in [2.75, 3.05) is 10.2 Å². The summed E-state index contributed by atoms with van der Waals surface area (Å²) in [6.45, 7) is 13.1. The van der Waals surface area contributed by atoms with Crippen molar-refractivity contribution in [2.24, 2.45) is 0 Å². The number of alkyl halides is 3. The van der Waals surface area contributed by atoms with Crippen LogP contribution in [0.4, 0.5) is 35.0 Å². The quantitative estimate of drug-likeness (QED) is 0.144. The van der Waals surface area contributed by atoms with Crippen molar-refractivity contribution in [3.8, 4) is 6.07 Å². The number of benzene rings is 3. The number of urea groups is 1. The van der Waals surface area contributed by atoms with Crippen molar-refractivity contribution in [1.29, 1.82) is 5.26 Å². The fraction of sp³-hybridized carbons (Fsp3) is 0.378. The van der Waals surface area contributed by atoms with Gasteiger partial charge in [0, 0.05) is 11.4 Å². The second-order valence-electron chi connectivity index (χ2n) is 14.3. The van der Waals surface area contributed by atoms with Gasteiger partial charge in [0.2, 0.25) is 0 Å². The predicted octanol–water partition coefficient (Wildman–Crippen LogP) is 7.84. The lowest BCUT2D eigenvalue weighted by atomic mass is 9.98. The molecule has 3 amide bonds. The summed E-state index contributed by atoms with van der Waals surface area (Å²) in [5, 5.41) is 12.4. The Kier molecular flexibility index (Phi) is 10.1. The van der Waals surface area contributed by atoms with Gasteiger partial charge in [-0.2, -0.15) is 18.4 Å². The lowest BCUT2D eigenvalue weighted by Crippen LogP contribution is -2.43. The van der Waals surface area contributed by atoms with E-state index in [4.69, 9.17) is 14.7 Å². The topological polar surface area (TPSA) is 129 Å². The molecule has 1 heterocycles. The number of amides is 3. The Labute approximate surface area is 288 Å². The number of carbonyl (C=O) groups excluding carboxylic acids is 4. The van der Waals surface area contributed by atoms with Crippen LogP contribution in [0.5, 0.6) is 0 Å². The number of carbonyl (C=O) groups is 4. The van der Waals surface area contributed by atoms with E-state index in [9.17, 15) is 32.3 Å². The van der Waals surface area contributed by atoms with Crippen molar-refractivity contribution in [3.05, 3.63) is 89.0 Å². The van der Waals surface area contributed by atoms with Crippen molar-refractivity contribution in [1.82, 2.24) is 4.90 Å². The van der Waals surface area contributed by atoms with Gasteiger partial charge in [-0.25, -0.2) is 9.69 Å². The van der Waals surface area contributed by atoms with Gasteiger partial charge in [-0.1, -0.05) is 30.3 Å². The number of para-hydroxylation sites is 1. The summed E-state index contributed by atoms with van der Waals surface area (Å²) in [4.78, 5) is 55.4. The number of nitrogens with zero attached hydrogens (tertiary/aromatic N) is 3. The van der Waals surface area contributed by atoms with Gasteiger partial charge in [-0.15, -0.1) is 0 Å². The second kappa shape index (κ2) is 13.5. The van der Waals surface area contributed by atoms with E-state index in [1.54, 1.807) is 90.1 Å². The first-order valence-electron chi connectivity index (χ1n) is 15.7. The Morgan fingerprint density at radius 3 is 1.96 bits per heavy atom. The summed E-state index contributed by atoms with van der Waals surface area (Å²) in [5.74, 6) is -3.57. The maximum Gasteiger partial charge on any atom is 0.417 e. The molecule has 13 heteroatoms. The van der Waals surface area contributed by atoms with Gasteiger partial charge in [-0.05, 0) is 103 Å². The molecule has 0 atom stereocenters. The van der Waals surface area contributed by atoms with Crippen LogP contribution in [-0.4, -0.2) is 45.5 Å². The molecule has 3 aromatic rings. The van der Waals surface area contributed by atoms with Crippen molar-refractivity contribution in [3.63, 3.8) is 0 Å². The number of anilines is 3. The SMILES string of the molecule is CC(C)(C)OC(=O)C(C(=O)OC(C)(C)C)c1ccc(Nc2ccccc2CN2C(=O)N(c3ccc(C#N)c(C(F)(F)F)c3)C(=O)C2(C)C)cc1. The first-order valence-corrected chi connectivity index (χ1v) is 15.7. The van der Waals surface area contributed by atoms with E-state index in [1.165, 1.54) is 24.8 Å². The van der Waals surface area contributed by atoms with E-state index in [-0.39, 0.29) is 12.2 Å². The Balaban J connectivity index is 1.61. The number of imide groups is 1. The largest absolute Gasteiger partial charge is 0.459 e. The van der Waals surface area contributed by atoms with Gasteiger partial charge in [0.15, 0.2) is 5.92 Å². The maximum atomic E-state index is 13.7. The molecule has 264 valence electrons. The maximum absolute atomic E-state index is 13.7. The summed E-state index contributed by atoms with van der Waals surface area (Å²) in [6, 6.07) is 16.9. The minimum Gasteiger partial charge on any atom is -0.459 e. The lowest BCUT2D eigenvalue weighted by molar-refractivity contribution is -0.169. The number of hydrogen-bond acceptors (Lipinski definition) is 8. The standard InChI is InChI=1S/C37H39F3N4O6/c1-34(2,3)49-30(45)29(31(46)50-35(4,5)6)22-13-16-25(17-14-22)42-28-12-10-9-11-24(28)21-43-33(48)44(32(47)36(43,7)8)26-18-15-23(20-41)27(19-26)37(38,39)40/h9-19,29,42H,21H2,1-8H3. The molecule has 1 saturated heterocycles. The van der Waals surface area contributed by atoms with Crippen LogP contribution in [0.2, 0.25) is 0 Å². The van der Waals surface area contributed by atoms with Gasteiger partial charge >= 0.3 is 24.1 Å². The molecule has 1 aliphatic heterocycles. The highest BCUT2D eigenvalue weighted by Gasteiger charge is 2.52. The third kappa shape index (κ3) is 8.25. The molecular weight excluding hydrogens is 653 g/mol. The van der Waals surface area contributed by atoms with Crippen LogP contribution in [0, 0.1) is 11.3 Å². The number of nitriles is 1. The Morgan fingerprint density at radius 1 is 0.880 bits per heavy atom. The molecule has 10 nitrogen and oxygen atoms in total. The fourth-order valence-corrected chi connectivity index (χ4v) is 5.29. The van der Waals surface area contributed by atoms with Crippen LogP contribution in [0.1, 0.15) is 83.6 Å². The van der Waals surface area contributed by atoms with Crippen molar-refractivity contribution >= 4 is 40.9 Å². The van der Waals surface area contributed by atoms with E-state index < -0.39 is 63.8 Å². The fourth-order valence-electron chi connectivity index (χ4n) is 5.29. The second-order valence-corrected chi connectivity index (χ2v) is 14.3. The summed E-state index contributed by atoms with van der Waals surface area (Å²) in [5.41, 5.74) is -3.24. The lowest BCUT2D eigenvalue weighted by Gasteiger charge is -2.28. The van der Waals surface area contributed by atoms with Gasteiger partial charge < -0.3 is 19.7 Å². The molecule has 4 rings (SSSR count). The Morgan fingerprint density at radius 2 is 1.44 bits per heavy atom. The van der Waals surface area contributed by atoms with Crippen LogP contribution in [0.3, 0.4) is 0 Å². The van der Waals surface area contributed by atoms with Crippen LogP contribution in [0.25, 0.3) is 0 Å². The van der Waals surface area contributed by atoms with Gasteiger partial charge in [-0.3, -0.25) is 14.4 Å². The van der Waals surface area contributed by atoms with Crippen LogP contribution >= 0.6 is 0 Å². The highest BCUT2D eigenvalue weighted by Crippen LogP contribution is 2.39. The zero-order valence-corrected chi connectivity index (χ0v) is 29.1. The monoisotopic (exact) mass is 692 g/mol. The molecule has 0 bridgehead atoms. The number of rotatable bonds is 8. The third-order valence-electron chi connectivity index (χ3n) is 7.66. The Bertz CT molecular complexity index is 1820. The minimum absolute atomic E-state index is 0.0862. The summed E-state index contributed by atoms with van der Waals surface area (Å²) < 4.78 is 52.1. The summed E-state index contributed by atoms with van der Waals surface area (Å²) >= 11 is 0. The van der Waals surface area contributed by atoms with Gasteiger partial charge in [0.25, 0.3) is 5.91 Å². The highest BCUT2D eigenvalue weighted by molar-refractivity contribution is 6.23. The molecule has 1 fully saturated rings. The van der Waals surface area contributed by atoms with Crippen LogP contribution < -0.4 is 10.2 Å². The first-order chi connectivity index (χ1) is 23.0. The van der Waals surface area contributed by atoms with Gasteiger partial charge in [0.05, 0.1) is 29.4 Å². The molecule has 0 saturated carbocycles. The number of hydrogen-bond donors (Lipinski definition) is 1. The van der Waals surface area contributed by atoms with E-state index in [0.717, 1.165) is 12.1 Å². The molecule has 0 spiro atoms. The van der Waals surface area contributed by atoms with E-state index >= 15 is 0 Å². The van der Waals surface area contributed by atoms with Crippen LogP contribution in [0.15, 0.2) is 66.7 Å². The number of halogens is 3. The molecule has 0 unspecified atom stereocenters. The summed E-state index contributed by atoms with van der Waals surface area (Å²) in [7, 11) is 0. The molecule has 0 aromatic heterocycles. The molecule has 0 radical (unpaired) electrons. The molecule has 0 aliphatic carbocycles. The molecule has 1 N–H and O–H groups in total. The zero-order valence-electron chi connectivity index (χ0n) is 29.1.